The van der Waals surface area contributed by atoms with E-state index in [0.29, 0.717) is 5.56 Å². The molecule has 0 atom stereocenters. The molecule has 0 aliphatic carbocycles. The largest absolute Gasteiger partial charge is 0.478 e. The van der Waals surface area contributed by atoms with Crippen molar-refractivity contribution in [2.24, 2.45) is 0 Å². The average Bonchev–Trinajstić information content (AvgIpc) is 2.27. The minimum atomic E-state index is -1.17. The molecule has 0 aliphatic rings. The van der Waals surface area contributed by atoms with Gasteiger partial charge in [0.2, 0.25) is 0 Å². The summed E-state index contributed by atoms with van der Waals surface area (Å²) in [6.45, 7) is 1.88. The van der Waals surface area contributed by atoms with Crippen LogP contribution in [0.3, 0.4) is 0 Å². The lowest BCUT2D eigenvalue weighted by molar-refractivity contribution is -0.137. The van der Waals surface area contributed by atoms with Gasteiger partial charge in [-0.25, -0.2) is 9.59 Å². The molecule has 0 aromatic heterocycles. The summed E-state index contributed by atoms with van der Waals surface area (Å²) in [4.78, 5) is 22.1. The van der Waals surface area contributed by atoms with Gasteiger partial charge in [-0.1, -0.05) is 30.3 Å². The molecule has 16 heavy (non-hydrogen) atoms. The predicted octanol–water partition coefficient (Wildman–Crippen LogP) is 1.72. The first kappa shape index (κ1) is 12.0. The van der Waals surface area contributed by atoms with Crippen LogP contribution in [0.4, 0.5) is 0 Å². The Morgan fingerprint density at radius 2 is 1.94 bits per heavy atom. The zero-order chi connectivity index (χ0) is 12.0. The summed E-state index contributed by atoms with van der Waals surface area (Å²) < 4.78 is 4.79. The number of benzene rings is 1. The minimum Gasteiger partial charge on any atom is -0.478 e. The van der Waals surface area contributed by atoms with E-state index in [-0.39, 0.29) is 12.2 Å². The monoisotopic (exact) mass is 220 g/mol. The molecule has 1 N–H and O–H groups in total. The molecule has 1 aromatic rings. The van der Waals surface area contributed by atoms with E-state index in [1.807, 2.05) is 0 Å². The number of hydrogen-bond acceptors (Lipinski definition) is 3. The Kier molecular flexibility index (Phi) is 4.27. The summed E-state index contributed by atoms with van der Waals surface area (Å²) in [7, 11) is 0. The summed E-state index contributed by atoms with van der Waals surface area (Å²) in [5.41, 5.74) is 0.582. The summed E-state index contributed by atoms with van der Waals surface area (Å²) in [6, 6.07) is 8.55. The first-order valence-electron chi connectivity index (χ1n) is 4.82. The molecule has 4 nitrogen and oxygen atoms in total. The zero-order valence-corrected chi connectivity index (χ0v) is 8.84. The Hall–Kier alpha value is -2.10. The quantitative estimate of drug-likeness (QED) is 0.619. The molecule has 4 heteroatoms. The molecule has 0 saturated heterocycles. The molecule has 0 spiro atoms. The van der Waals surface area contributed by atoms with Crippen LogP contribution in [0.5, 0.6) is 0 Å². The van der Waals surface area contributed by atoms with Crippen molar-refractivity contribution in [2.75, 3.05) is 6.61 Å². The SMILES string of the molecule is CCOC(=O)/C(=C/C(=O)O)c1ccccc1. The molecule has 1 aromatic carbocycles. The Morgan fingerprint density at radius 3 is 2.44 bits per heavy atom. The van der Waals surface area contributed by atoms with E-state index in [9.17, 15) is 9.59 Å². The van der Waals surface area contributed by atoms with Crippen LogP contribution in [-0.4, -0.2) is 23.7 Å². The predicted molar refractivity (Wildman–Crippen MR) is 58.7 cm³/mol. The normalized spacial score (nSPS) is 10.9. The van der Waals surface area contributed by atoms with Gasteiger partial charge in [-0.15, -0.1) is 0 Å². The fourth-order valence-corrected chi connectivity index (χ4v) is 1.21. The van der Waals surface area contributed by atoms with E-state index in [2.05, 4.69) is 0 Å². The standard InChI is InChI=1S/C12H12O4/c1-2-16-12(15)10(8-11(13)14)9-6-4-3-5-7-9/h3-8H,2H2,1H3,(H,13,14)/b10-8+. The fourth-order valence-electron chi connectivity index (χ4n) is 1.21. The van der Waals surface area contributed by atoms with Crippen LogP contribution >= 0.6 is 0 Å². The lowest BCUT2D eigenvalue weighted by Gasteiger charge is -2.05. The van der Waals surface area contributed by atoms with E-state index >= 15 is 0 Å². The third-order valence-electron chi connectivity index (χ3n) is 1.85. The van der Waals surface area contributed by atoms with Crippen molar-refractivity contribution in [3.63, 3.8) is 0 Å². The topological polar surface area (TPSA) is 63.6 Å². The van der Waals surface area contributed by atoms with Crippen LogP contribution < -0.4 is 0 Å². The van der Waals surface area contributed by atoms with Crippen LogP contribution in [0.2, 0.25) is 0 Å². The highest BCUT2D eigenvalue weighted by atomic mass is 16.5. The summed E-state index contributed by atoms with van der Waals surface area (Å²) >= 11 is 0. The van der Waals surface area contributed by atoms with Gasteiger partial charge in [0.25, 0.3) is 0 Å². The number of esters is 1. The number of rotatable bonds is 4. The highest BCUT2D eigenvalue weighted by Gasteiger charge is 2.14. The number of carboxylic acid groups (broad SMARTS) is 1. The van der Waals surface area contributed by atoms with Gasteiger partial charge in [-0.3, -0.25) is 0 Å². The molecule has 0 aliphatic heterocycles. The second kappa shape index (κ2) is 5.70. The third kappa shape index (κ3) is 3.24. The highest BCUT2D eigenvalue weighted by Crippen LogP contribution is 2.15. The molecule has 0 radical (unpaired) electrons. The van der Waals surface area contributed by atoms with Crippen LogP contribution in [0.25, 0.3) is 5.57 Å². The maximum Gasteiger partial charge on any atom is 0.338 e. The van der Waals surface area contributed by atoms with Crippen molar-refractivity contribution < 1.29 is 19.4 Å². The number of carbonyl (C=O) groups excluding carboxylic acids is 1. The van der Waals surface area contributed by atoms with E-state index in [1.54, 1.807) is 37.3 Å². The summed E-state index contributed by atoms with van der Waals surface area (Å²) in [6.07, 6.45) is 0.854. The number of ether oxygens (including phenoxy) is 1. The minimum absolute atomic E-state index is 0.0509. The molecule has 0 unspecified atom stereocenters. The molecule has 0 fully saturated rings. The van der Waals surface area contributed by atoms with Crippen LogP contribution in [-0.2, 0) is 14.3 Å². The van der Waals surface area contributed by atoms with Gasteiger partial charge in [-0.2, -0.15) is 0 Å². The van der Waals surface area contributed by atoms with Gasteiger partial charge in [0, 0.05) is 6.08 Å². The molecular formula is C12H12O4. The molecule has 1 rings (SSSR count). The second-order valence-corrected chi connectivity index (χ2v) is 2.98. The summed E-state index contributed by atoms with van der Waals surface area (Å²) in [5.74, 6) is -1.80. The molecule has 0 bridgehead atoms. The zero-order valence-electron chi connectivity index (χ0n) is 8.84. The maximum absolute atomic E-state index is 11.5. The van der Waals surface area contributed by atoms with Gasteiger partial charge >= 0.3 is 11.9 Å². The first-order chi connectivity index (χ1) is 7.65. The van der Waals surface area contributed by atoms with Crippen molar-refractivity contribution in [2.45, 2.75) is 6.92 Å². The average molecular weight is 220 g/mol. The second-order valence-electron chi connectivity index (χ2n) is 2.98. The molecule has 0 amide bonds. The van der Waals surface area contributed by atoms with Crippen molar-refractivity contribution in [3.8, 4) is 0 Å². The fraction of sp³-hybridized carbons (Fsp3) is 0.167. The van der Waals surface area contributed by atoms with Gasteiger partial charge in [0.05, 0.1) is 12.2 Å². The smallest absolute Gasteiger partial charge is 0.338 e. The maximum atomic E-state index is 11.5. The molecular weight excluding hydrogens is 208 g/mol. The Labute approximate surface area is 93.2 Å². The number of carboxylic acids is 1. The lowest BCUT2D eigenvalue weighted by Crippen LogP contribution is -2.08. The van der Waals surface area contributed by atoms with Crippen LogP contribution in [0.1, 0.15) is 12.5 Å². The van der Waals surface area contributed by atoms with E-state index < -0.39 is 11.9 Å². The molecule has 0 heterocycles. The Bertz CT molecular complexity index is 406. The van der Waals surface area contributed by atoms with Crippen LogP contribution in [0.15, 0.2) is 36.4 Å². The highest BCUT2D eigenvalue weighted by molar-refractivity contribution is 6.20. The molecule has 84 valence electrons. The summed E-state index contributed by atoms with van der Waals surface area (Å²) in [5, 5.41) is 8.68. The Morgan fingerprint density at radius 1 is 1.31 bits per heavy atom. The van der Waals surface area contributed by atoms with Crippen LogP contribution in [0, 0.1) is 0 Å². The van der Waals surface area contributed by atoms with Gasteiger partial charge in [0.15, 0.2) is 0 Å². The van der Waals surface area contributed by atoms with E-state index in [4.69, 9.17) is 9.84 Å². The van der Waals surface area contributed by atoms with E-state index in [1.165, 1.54) is 0 Å². The van der Waals surface area contributed by atoms with Crippen molar-refractivity contribution in [1.82, 2.24) is 0 Å². The Balaban J connectivity index is 3.07. The number of aliphatic carboxylic acids is 1. The van der Waals surface area contributed by atoms with Gasteiger partial charge in [-0.05, 0) is 12.5 Å². The first-order valence-corrected chi connectivity index (χ1v) is 4.82. The van der Waals surface area contributed by atoms with Gasteiger partial charge in [0.1, 0.15) is 0 Å². The number of carbonyl (C=O) groups is 2. The lowest BCUT2D eigenvalue weighted by atomic mass is 10.1. The third-order valence-corrected chi connectivity index (χ3v) is 1.85. The van der Waals surface area contributed by atoms with E-state index in [0.717, 1.165) is 6.08 Å². The van der Waals surface area contributed by atoms with Crippen molar-refractivity contribution in [1.29, 1.82) is 0 Å². The van der Waals surface area contributed by atoms with Crippen molar-refractivity contribution >= 4 is 17.5 Å². The molecule has 0 saturated carbocycles. The number of hydrogen-bond donors (Lipinski definition) is 1. The van der Waals surface area contributed by atoms with Gasteiger partial charge < -0.3 is 9.84 Å². The van der Waals surface area contributed by atoms with Crippen molar-refractivity contribution in [3.05, 3.63) is 42.0 Å².